The Kier molecular flexibility index (Phi) is 3.69. The number of rotatable bonds is 4. The minimum atomic E-state index is 0.691. The second kappa shape index (κ2) is 5.79. The van der Waals surface area contributed by atoms with Gasteiger partial charge in [-0.25, -0.2) is 14.6 Å². The molecule has 6 nitrogen and oxygen atoms in total. The lowest BCUT2D eigenvalue weighted by Gasteiger charge is -2.07. The summed E-state index contributed by atoms with van der Waals surface area (Å²) in [6.07, 6.45) is 8.45. The van der Waals surface area contributed by atoms with Gasteiger partial charge in [-0.2, -0.15) is 5.10 Å². The van der Waals surface area contributed by atoms with E-state index in [1.807, 2.05) is 24.4 Å². The first-order chi connectivity index (χ1) is 9.81. The molecule has 0 aliphatic heterocycles. The number of halogens is 1. The average Bonchev–Trinajstić information content (AvgIpc) is 3.00. The van der Waals surface area contributed by atoms with E-state index in [2.05, 4.69) is 41.3 Å². The summed E-state index contributed by atoms with van der Waals surface area (Å²) in [6.45, 7) is 0.691. The Morgan fingerprint density at radius 1 is 1.15 bits per heavy atom. The third-order valence-corrected chi connectivity index (χ3v) is 3.09. The first-order valence-corrected chi connectivity index (χ1v) is 6.75. The van der Waals surface area contributed by atoms with Gasteiger partial charge in [0.25, 0.3) is 0 Å². The van der Waals surface area contributed by atoms with Gasteiger partial charge in [-0.15, -0.1) is 0 Å². The molecule has 3 rings (SSSR count). The number of hydrogen-bond acceptors (Lipinski definition) is 5. The van der Waals surface area contributed by atoms with Crippen LogP contribution < -0.4 is 5.32 Å². The van der Waals surface area contributed by atoms with E-state index in [1.165, 1.54) is 6.33 Å². The number of anilines is 1. The highest BCUT2D eigenvalue weighted by molar-refractivity contribution is 9.10. The van der Waals surface area contributed by atoms with Gasteiger partial charge in [0.2, 0.25) is 0 Å². The maximum absolute atomic E-state index is 4.32. The van der Waals surface area contributed by atoms with Crippen LogP contribution in [0, 0.1) is 0 Å². The van der Waals surface area contributed by atoms with Crippen molar-refractivity contribution in [2.24, 2.45) is 0 Å². The fourth-order valence-corrected chi connectivity index (χ4v) is 2.12. The Balaban J connectivity index is 1.67. The zero-order chi connectivity index (χ0) is 13.8. The molecule has 7 heteroatoms. The summed E-state index contributed by atoms with van der Waals surface area (Å²) < 4.78 is 2.58. The first kappa shape index (κ1) is 12.7. The SMILES string of the molecule is Brc1cncc(CNc2ccc(-n3cncn3)nc2)c1. The number of nitrogens with one attached hydrogen (secondary N) is 1. The van der Waals surface area contributed by atoms with E-state index in [0.29, 0.717) is 6.54 Å². The van der Waals surface area contributed by atoms with Crippen LogP contribution in [0.15, 0.2) is 53.9 Å². The molecule has 0 radical (unpaired) electrons. The van der Waals surface area contributed by atoms with Gasteiger partial charge in [-0.3, -0.25) is 4.98 Å². The average molecular weight is 331 g/mol. The van der Waals surface area contributed by atoms with Crippen LogP contribution in [0.5, 0.6) is 0 Å². The van der Waals surface area contributed by atoms with Crippen molar-refractivity contribution in [3.63, 3.8) is 0 Å². The van der Waals surface area contributed by atoms with Crippen molar-refractivity contribution in [1.29, 1.82) is 0 Å². The van der Waals surface area contributed by atoms with Crippen molar-refractivity contribution in [1.82, 2.24) is 24.7 Å². The minimum absolute atomic E-state index is 0.691. The van der Waals surface area contributed by atoms with Crippen LogP contribution in [0.3, 0.4) is 0 Å². The van der Waals surface area contributed by atoms with Gasteiger partial charge in [0.1, 0.15) is 12.7 Å². The van der Waals surface area contributed by atoms with E-state index in [4.69, 9.17) is 0 Å². The van der Waals surface area contributed by atoms with Crippen molar-refractivity contribution in [2.75, 3.05) is 5.32 Å². The second-order valence-electron chi connectivity index (χ2n) is 4.11. The highest BCUT2D eigenvalue weighted by Crippen LogP contribution is 2.13. The Morgan fingerprint density at radius 2 is 2.10 bits per heavy atom. The largest absolute Gasteiger partial charge is 0.380 e. The molecule has 100 valence electrons. The van der Waals surface area contributed by atoms with E-state index in [-0.39, 0.29) is 0 Å². The number of pyridine rings is 2. The lowest BCUT2D eigenvalue weighted by Crippen LogP contribution is -2.02. The van der Waals surface area contributed by atoms with Crippen LogP contribution in [-0.2, 0) is 6.54 Å². The molecule has 1 N–H and O–H groups in total. The van der Waals surface area contributed by atoms with Gasteiger partial charge in [-0.1, -0.05) is 0 Å². The summed E-state index contributed by atoms with van der Waals surface area (Å²) in [4.78, 5) is 12.3. The molecule has 3 heterocycles. The van der Waals surface area contributed by atoms with Crippen molar-refractivity contribution in [2.45, 2.75) is 6.54 Å². The third kappa shape index (κ3) is 3.00. The van der Waals surface area contributed by atoms with Crippen LogP contribution in [0.1, 0.15) is 5.56 Å². The summed E-state index contributed by atoms with van der Waals surface area (Å²) >= 11 is 3.40. The molecule has 0 fully saturated rings. The van der Waals surface area contributed by atoms with E-state index >= 15 is 0 Å². The summed E-state index contributed by atoms with van der Waals surface area (Å²) in [5.41, 5.74) is 2.04. The number of hydrogen-bond donors (Lipinski definition) is 1. The Morgan fingerprint density at radius 3 is 2.80 bits per heavy atom. The molecule has 0 atom stereocenters. The summed E-state index contributed by atoms with van der Waals surface area (Å²) in [7, 11) is 0. The summed E-state index contributed by atoms with van der Waals surface area (Å²) in [5.74, 6) is 0.733. The molecule has 0 bridgehead atoms. The third-order valence-electron chi connectivity index (χ3n) is 2.66. The first-order valence-electron chi connectivity index (χ1n) is 5.95. The van der Waals surface area contributed by atoms with Crippen molar-refractivity contribution in [3.05, 3.63) is 59.5 Å². The van der Waals surface area contributed by atoms with Gasteiger partial charge < -0.3 is 5.32 Å². The number of aromatic nitrogens is 5. The van der Waals surface area contributed by atoms with Crippen LogP contribution in [0.4, 0.5) is 5.69 Å². The summed E-state index contributed by atoms with van der Waals surface area (Å²) in [6, 6.07) is 5.86. The van der Waals surface area contributed by atoms with E-state index in [1.54, 1.807) is 23.4 Å². The smallest absolute Gasteiger partial charge is 0.155 e. The van der Waals surface area contributed by atoms with E-state index in [9.17, 15) is 0 Å². The highest BCUT2D eigenvalue weighted by atomic mass is 79.9. The Bertz CT molecular complexity index is 680. The van der Waals surface area contributed by atoms with Crippen LogP contribution in [-0.4, -0.2) is 24.7 Å². The maximum atomic E-state index is 4.32. The fourth-order valence-electron chi connectivity index (χ4n) is 1.71. The normalized spacial score (nSPS) is 10.4. The zero-order valence-corrected chi connectivity index (χ0v) is 12.0. The van der Waals surface area contributed by atoms with Crippen molar-refractivity contribution < 1.29 is 0 Å². The monoisotopic (exact) mass is 330 g/mol. The summed E-state index contributed by atoms with van der Waals surface area (Å²) in [5, 5.41) is 7.32. The quantitative estimate of drug-likeness (QED) is 0.795. The van der Waals surface area contributed by atoms with Gasteiger partial charge >= 0.3 is 0 Å². The molecule has 0 aliphatic rings. The molecule has 0 saturated carbocycles. The lowest BCUT2D eigenvalue weighted by molar-refractivity contribution is 0.845. The van der Waals surface area contributed by atoms with Gasteiger partial charge in [-0.05, 0) is 39.7 Å². The van der Waals surface area contributed by atoms with Gasteiger partial charge in [0.05, 0.1) is 11.9 Å². The molecule has 0 amide bonds. The molecule has 3 aromatic heterocycles. The van der Waals surface area contributed by atoms with Crippen LogP contribution >= 0.6 is 15.9 Å². The van der Waals surface area contributed by atoms with E-state index in [0.717, 1.165) is 21.5 Å². The van der Waals surface area contributed by atoms with Crippen molar-refractivity contribution >= 4 is 21.6 Å². The topological polar surface area (TPSA) is 68.5 Å². The highest BCUT2D eigenvalue weighted by Gasteiger charge is 2.00. The van der Waals surface area contributed by atoms with Crippen LogP contribution in [0.2, 0.25) is 0 Å². The lowest BCUT2D eigenvalue weighted by atomic mass is 10.3. The maximum Gasteiger partial charge on any atom is 0.155 e. The fraction of sp³-hybridized carbons (Fsp3) is 0.0769. The molecule has 3 aromatic rings. The molecule has 20 heavy (non-hydrogen) atoms. The Labute approximate surface area is 124 Å². The predicted molar refractivity (Wildman–Crippen MR) is 78.4 cm³/mol. The molecule has 0 unspecified atom stereocenters. The van der Waals surface area contributed by atoms with E-state index < -0.39 is 0 Å². The molecular weight excluding hydrogens is 320 g/mol. The second-order valence-corrected chi connectivity index (χ2v) is 5.03. The van der Waals surface area contributed by atoms with Crippen LogP contribution in [0.25, 0.3) is 5.82 Å². The molecular formula is C13H11BrN6. The molecule has 0 aliphatic carbocycles. The van der Waals surface area contributed by atoms with Gasteiger partial charge in [0.15, 0.2) is 5.82 Å². The standard InChI is InChI=1S/C13H11BrN6/c14-11-3-10(4-15-6-11)5-17-12-1-2-13(18-7-12)20-9-16-8-19-20/h1-4,6-9,17H,5H2. The zero-order valence-electron chi connectivity index (χ0n) is 10.4. The molecule has 0 aromatic carbocycles. The molecule has 0 spiro atoms. The predicted octanol–water partition coefficient (Wildman–Crippen LogP) is 2.43. The number of nitrogens with zero attached hydrogens (tertiary/aromatic N) is 5. The van der Waals surface area contributed by atoms with Gasteiger partial charge in [0, 0.05) is 23.4 Å². The Hall–Kier alpha value is -2.28. The van der Waals surface area contributed by atoms with Crippen molar-refractivity contribution in [3.8, 4) is 5.82 Å². The molecule has 0 saturated heterocycles. The minimum Gasteiger partial charge on any atom is -0.380 e.